The smallest absolute Gasteiger partial charge is 0.407 e. The fourth-order valence-corrected chi connectivity index (χ4v) is 9.14. The Balaban J connectivity index is 1.08. The zero-order valence-electron chi connectivity index (χ0n) is 35.3. The van der Waals surface area contributed by atoms with E-state index in [1.165, 1.54) is 7.11 Å². The van der Waals surface area contributed by atoms with Crippen LogP contribution in [0.15, 0.2) is 60.7 Å². The number of ether oxygens (including phenoxy) is 1. The second-order valence-electron chi connectivity index (χ2n) is 17.2. The molecule has 0 radical (unpaired) electrons. The van der Waals surface area contributed by atoms with E-state index in [1.54, 1.807) is 9.80 Å². The van der Waals surface area contributed by atoms with Crippen LogP contribution < -0.4 is 10.6 Å². The third-order valence-electron chi connectivity index (χ3n) is 11.8. The number of likely N-dealkylation sites (tertiary alicyclic amines) is 2. The number of carboxylic acid groups (broad SMARTS) is 1. The average Bonchev–Trinajstić information content (AvgIpc) is 4.02. The Morgan fingerprint density at radius 2 is 1.11 bits per heavy atom. The monoisotopic (exact) mass is 870 g/mol. The predicted molar refractivity (Wildman–Crippen MR) is 235 cm³/mol. The molecule has 6 atom stereocenters. The number of H-pyrrole nitrogens is 2. The van der Waals surface area contributed by atoms with Gasteiger partial charge in [0.05, 0.1) is 30.6 Å². The number of carbonyl (C=O) groups excluding carboxylic acids is 3. The van der Waals surface area contributed by atoms with Crippen molar-refractivity contribution in [2.24, 2.45) is 23.7 Å². The number of fused-ring (bicyclic) bond motifs is 1. The van der Waals surface area contributed by atoms with Gasteiger partial charge in [0.15, 0.2) is 10.3 Å². The molecule has 322 valence electrons. The Kier molecular flexibility index (Phi) is 12.7. The zero-order valence-corrected chi connectivity index (χ0v) is 36.8. The van der Waals surface area contributed by atoms with Crippen molar-refractivity contribution in [1.82, 2.24) is 40.4 Å². The van der Waals surface area contributed by atoms with Gasteiger partial charge in [-0.05, 0) is 70.5 Å². The lowest BCUT2D eigenvalue weighted by Gasteiger charge is -2.30. The van der Waals surface area contributed by atoms with Crippen molar-refractivity contribution >= 4 is 58.0 Å². The SMILES string of the molecule is COC(=O)N[C@H](C(=O)N1CC(C)CC1c1nc(Cl)c(-c2ccc(-c3ccc4cc(-c5[nH]c([C@@H]6C[C@H](C)CN6C(=O)[C@@H](NC(=O)O)C(C)C)nc5Cl)ccc4c3)cc2)[nH]1)C(C)C. The van der Waals surface area contributed by atoms with Crippen LogP contribution in [-0.2, 0) is 14.3 Å². The lowest BCUT2D eigenvalue weighted by Crippen LogP contribution is -2.51. The molecule has 14 nitrogen and oxygen atoms in total. The number of hydrogen-bond acceptors (Lipinski definition) is 7. The second kappa shape index (κ2) is 17.8. The molecule has 2 saturated heterocycles. The molecule has 2 aliphatic rings. The summed E-state index contributed by atoms with van der Waals surface area (Å²) in [6, 6.07) is 18.1. The van der Waals surface area contributed by atoms with E-state index in [2.05, 4.69) is 62.6 Å². The summed E-state index contributed by atoms with van der Waals surface area (Å²) in [5.74, 6) is 0.731. The number of imidazole rings is 2. The topological polar surface area (TPSA) is 186 Å². The Labute approximate surface area is 364 Å². The summed E-state index contributed by atoms with van der Waals surface area (Å²) in [6.45, 7) is 12.6. The molecule has 2 aliphatic heterocycles. The van der Waals surface area contributed by atoms with Crippen LogP contribution in [0.1, 0.15) is 78.1 Å². The molecule has 16 heteroatoms. The molecule has 3 aromatic carbocycles. The van der Waals surface area contributed by atoms with Gasteiger partial charge in [0, 0.05) is 24.2 Å². The minimum atomic E-state index is -1.24. The number of amides is 4. The summed E-state index contributed by atoms with van der Waals surface area (Å²) < 4.78 is 4.78. The molecule has 61 heavy (non-hydrogen) atoms. The highest BCUT2D eigenvalue weighted by Crippen LogP contribution is 2.40. The molecule has 4 heterocycles. The van der Waals surface area contributed by atoms with Gasteiger partial charge in [-0.2, -0.15) is 0 Å². The molecule has 2 fully saturated rings. The molecule has 0 aliphatic carbocycles. The van der Waals surface area contributed by atoms with Crippen molar-refractivity contribution in [3.63, 3.8) is 0 Å². The fraction of sp³-hybridized carbons (Fsp3) is 0.422. The summed E-state index contributed by atoms with van der Waals surface area (Å²) in [7, 11) is 1.28. The summed E-state index contributed by atoms with van der Waals surface area (Å²) >= 11 is 13.5. The van der Waals surface area contributed by atoms with E-state index < -0.39 is 24.3 Å². The van der Waals surface area contributed by atoms with Crippen molar-refractivity contribution in [2.45, 2.75) is 78.6 Å². The van der Waals surface area contributed by atoms with Gasteiger partial charge < -0.3 is 40.2 Å². The first-order chi connectivity index (χ1) is 29.0. The van der Waals surface area contributed by atoms with Gasteiger partial charge >= 0.3 is 12.2 Å². The maximum atomic E-state index is 13.8. The molecule has 4 amide bonds. The molecular formula is C45H52Cl2N8O6. The summed E-state index contributed by atoms with van der Waals surface area (Å²) in [5, 5.41) is 17.1. The number of alkyl carbamates (subject to hydrolysis) is 1. The third-order valence-corrected chi connectivity index (χ3v) is 12.4. The number of hydrogen-bond donors (Lipinski definition) is 5. The summed E-state index contributed by atoms with van der Waals surface area (Å²) in [5.41, 5.74) is 5.03. The predicted octanol–water partition coefficient (Wildman–Crippen LogP) is 9.09. The van der Waals surface area contributed by atoms with E-state index in [-0.39, 0.29) is 47.6 Å². The van der Waals surface area contributed by atoms with Gasteiger partial charge in [-0.25, -0.2) is 19.6 Å². The van der Waals surface area contributed by atoms with E-state index in [0.717, 1.165) is 33.0 Å². The highest BCUT2D eigenvalue weighted by atomic mass is 35.5. The minimum Gasteiger partial charge on any atom is -0.465 e. The molecule has 7 rings (SSSR count). The van der Waals surface area contributed by atoms with Crippen molar-refractivity contribution in [1.29, 1.82) is 0 Å². The van der Waals surface area contributed by atoms with E-state index >= 15 is 0 Å². The molecule has 5 aromatic rings. The maximum Gasteiger partial charge on any atom is 0.407 e. The normalized spacial score (nSPS) is 20.0. The van der Waals surface area contributed by atoms with Crippen molar-refractivity contribution in [3.05, 3.63) is 82.6 Å². The molecule has 5 N–H and O–H groups in total. The van der Waals surface area contributed by atoms with Crippen LogP contribution in [0.3, 0.4) is 0 Å². The largest absolute Gasteiger partial charge is 0.465 e. The lowest BCUT2D eigenvalue weighted by atomic mass is 9.98. The van der Waals surface area contributed by atoms with Gasteiger partial charge in [-0.3, -0.25) is 9.59 Å². The van der Waals surface area contributed by atoms with E-state index in [1.807, 2.05) is 70.2 Å². The van der Waals surface area contributed by atoms with E-state index in [4.69, 9.17) is 27.9 Å². The van der Waals surface area contributed by atoms with Crippen molar-refractivity contribution in [3.8, 4) is 33.6 Å². The number of aromatic nitrogens is 4. The number of halogens is 2. The summed E-state index contributed by atoms with van der Waals surface area (Å²) in [6.07, 6.45) is -0.520. The van der Waals surface area contributed by atoms with Crippen LogP contribution in [0.5, 0.6) is 0 Å². The van der Waals surface area contributed by atoms with Crippen LogP contribution in [0.25, 0.3) is 44.4 Å². The molecular weight excluding hydrogens is 819 g/mol. The maximum absolute atomic E-state index is 13.8. The molecule has 2 unspecified atom stereocenters. The van der Waals surface area contributed by atoms with Crippen LogP contribution in [0.4, 0.5) is 9.59 Å². The van der Waals surface area contributed by atoms with Gasteiger partial charge in [0.1, 0.15) is 23.7 Å². The van der Waals surface area contributed by atoms with Gasteiger partial charge in [-0.15, -0.1) is 0 Å². The highest BCUT2D eigenvalue weighted by molar-refractivity contribution is 6.32. The van der Waals surface area contributed by atoms with Crippen LogP contribution >= 0.6 is 23.2 Å². The number of nitrogens with one attached hydrogen (secondary N) is 4. The Bertz CT molecular complexity index is 2450. The first-order valence-corrected chi connectivity index (χ1v) is 21.4. The Morgan fingerprint density at radius 3 is 1.59 bits per heavy atom. The number of carbonyl (C=O) groups is 4. The quantitative estimate of drug-likeness (QED) is 0.0870. The van der Waals surface area contributed by atoms with Crippen molar-refractivity contribution < 1.29 is 29.0 Å². The first kappa shape index (κ1) is 43.5. The standard InChI is InChI=1S/C45H52Cl2N8O6/c1-22(2)34(50-44(58)59)42(56)54-20-24(5)17-33(54)41-49-37(39(47)53-41)31-15-14-29-18-28(12-13-30(29)19-31)26-8-10-27(11-9-26)36-38(46)52-40(48-36)32-16-25(6)21-55(32)43(57)35(23(3)4)51-45(60)61-7/h8-15,18-19,22-25,32-35,50H,16-17,20-21H2,1-7H3,(H,48,52)(H,49,53)(H,51,60)(H,58,59)/t24-,25?,32?,33-,34-,35-/m0/s1. The van der Waals surface area contributed by atoms with Crippen LogP contribution in [0.2, 0.25) is 10.3 Å². The first-order valence-electron chi connectivity index (χ1n) is 20.6. The highest BCUT2D eigenvalue weighted by Gasteiger charge is 2.42. The van der Waals surface area contributed by atoms with Gasteiger partial charge in [0.2, 0.25) is 11.8 Å². The third kappa shape index (κ3) is 9.06. The molecule has 0 saturated carbocycles. The lowest BCUT2D eigenvalue weighted by molar-refractivity contribution is -0.136. The number of benzene rings is 3. The number of aromatic amines is 2. The second-order valence-corrected chi connectivity index (χ2v) is 17.9. The fourth-order valence-electron chi connectivity index (χ4n) is 8.65. The number of rotatable bonds is 11. The van der Waals surface area contributed by atoms with Crippen LogP contribution in [-0.4, -0.2) is 91.1 Å². The Morgan fingerprint density at radius 1 is 0.689 bits per heavy atom. The van der Waals surface area contributed by atoms with E-state index in [9.17, 15) is 24.3 Å². The molecule has 0 bridgehead atoms. The Hall–Kier alpha value is -5.60. The average molecular weight is 872 g/mol. The zero-order chi connectivity index (χ0) is 43.9. The van der Waals surface area contributed by atoms with E-state index in [0.29, 0.717) is 59.3 Å². The summed E-state index contributed by atoms with van der Waals surface area (Å²) in [4.78, 5) is 70.6. The molecule has 2 aromatic heterocycles. The van der Waals surface area contributed by atoms with Gasteiger partial charge in [-0.1, -0.05) is 113 Å². The molecule has 0 spiro atoms. The minimum absolute atomic E-state index is 0.151. The van der Waals surface area contributed by atoms with Crippen molar-refractivity contribution in [2.75, 3.05) is 20.2 Å². The van der Waals surface area contributed by atoms with Gasteiger partial charge in [0.25, 0.3) is 0 Å². The number of methoxy groups -OCH3 is 1. The van der Waals surface area contributed by atoms with Crippen LogP contribution in [0, 0.1) is 23.7 Å². The number of nitrogens with zero attached hydrogens (tertiary/aromatic N) is 4.